The van der Waals surface area contributed by atoms with Gasteiger partial charge in [-0.15, -0.1) is 0 Å². The molecule has 0 atom stereocenters. The number of nitrogens with zero attached hydrogens (tertiary/aromatic N) is 4. The number of hydrogen-bond acceptors (Lipinski definition) is 5. The Kier molecular flexibility index (Phi) is 5.78. The van der Waals surface area contributed by atoms with Gasteiger partial charge in [-0.3, -0.25) is 15.3 Å². The lowest BCUT2D eigenvalue weighted by molar-refractivity contribution is 0.208. The summed E-state index contributed by atoms with van der Waals surface area (Å²) in [6.07, 6.45) is 9.11. The smallest absolute Gasteiger partial charge is 0.323 e. The average molecular weight is 456 g/mol. The van der Waals surface area contributed by atoms with Gasteiger partial charge in [0.1, 0.15) is 0 Å². The number of halogens is 1. The fourth-order valence-corrected chi connectivity index (χ4v) is 3.97. The molecular formula is C20H18BrN5OS. The Hall–Kier alpha value is -2.58. The molecule has 1 aliphatic heterocycles. The Labute approximate surface area is 175 Å². The molecule has 8 heteroatoms. The molecule has 0 aromatic carbocycles. The van der Waals surface area contributed by atoms with E-state index < -0.39 is 0 Å². The van der Waals surface area contributed by atoms with Crippen LogP contribution in [-0.4, -0.2) is 39.0 Å². The van der Waals surface area contributed by atoms with E-state index in [9.17, 15) is 4.79 Å². The lowest BCUT2D eigenvalue weighted by Crippen LogP contribution is -2.39. The van der Waals surface area contributed by atoms with Gasteiger partial charge in [0.15, 0.2) is 5.13 Å². The molecule has 4 rings (SSSR count). The molecule has 3 aromatic rings. The Morgan fingerprint density at radius 3 is 2.68 bits per heavy atom. The van der Waals surface area contributed by atoms with Crippen LogP contribution in [0.25, 0.3) is 16.6 Å². The first-order chi connectivity index (χ1) is 13.7. The number of amides is 2. The van der Waals surface area contributed by atoms with E-state index in [-0.39, 0.29) is 6.03 Å². The Balaban J connectivity index is 1.34. The van der Waals surface area contributed by atoms with Crippen LogP contribution in [0.2, 0.25) is 0 Å². The second kappa shape index (κ2) is 8.62. The van der Waals surface area contributed by atoms with E-state index in [1.165, 1.54) is 16.9 Å². The van der Waals surface area contributed by atoms with Gasteiger partial charge in [0.05, 0.1) is 16.3 Å². The van der Waals surface area contributed by atoms with E-state index in [1.54, 1.807) is 18.6 Å². The lowest BCUT2D eigenvalue weighted by atomic mass is 10.0. The number of anilines is 1. The van der Waals surface area contributed by atoms with Crippen LogP contribution in [0.5, 0.6) is 0 Å². The van der Waals surface area contributed by atoms with Gasteiger partial charge in [0, 0.05) is 36.2 Å². The number of urea groups is 1. The summed E-state index contributed by atoms with van der Waals surface area (Å²) < 4.78 is 0.927. The van der Waals surface area contributed by atoms with E-state index in [2.05, 4.69) is 42.3 Å². The standard InChI is InChI=1S/C20H18BrN5OS/c21-15-4-5-17(23-12-15)18-13-24-19(28-18)25-20(27)26-9-6-14(7-10-26)11-16-3-1-2-8-22-16/h1-5,8,11-13H,6-7,9-10H2,(H,24,25,27). The van der Waals surface area contributed by atoms with Gasteiger partial charge in [-0.2, -0.15) is 0 Å². The zero-order chi connectivity index (χ0) is 19.3. The van der Waals surface area contributed by atoms with E-state index in [0.29, 0.717) is 18.2 Å². The average Bonchev–Trinajstić information content (AvgIpc) is 3.18. The maximum Gasteiger partial charge on any atom is 0.323 e. The molecule has 1 fully saturated rings. The third kappa shape index (κ3) is 4.63. The molecule has 28 heavy (non-hydrogen) atoms. The SMILES string of the molecule is O=C(Nc1ncc(-c2ccc(Br)cn2)s1)N1CCC(=Cc2ccccn2)CC1. The van der Waals surface area contributed by atoms with Gasteiger partial charge < -0.3 is 4.90 Å². The van der Waals surface area contributed by atoms with Crippen molar-refractivity contribution in [1.29, 1.82) is 0 Å². The van der Waals surface area contributed by atoms with Gasteiger partial charge in [-0.05, 0) is 59.1 Å². The molecule has 4 heterocycles. The van der Waals surface area contributed by atoms with E-state index in [1.807, 2.05) is 35.2 Å². The first-order valence-electron chi connectivity index (χ1n) is 8.91. The molecule has 2 amide bonds. The summed E-state index contributed by atoms with van der Waals surface area (Å²) >= 11 is 4.80. The first-order valence-corrected chi connectivity index (χ1v) is 10.5. The molecule has 0 radical (unpaired) electrons. The topological polar surface area (TPSA) is 71.0 Å². The van der Waals surface area contributed by atoms with Gasteiger partial charge in [-0.1, -0.05) is 23.0 Å². The quantitative estimate of drug-likeness (QED) is 0.597. The fraction of sp³-hybridized carbons (Fsp3) is 0.200. The summed E-state index contributed by atoms with van der Waals surface area (Å²) in [4.78, 5) is 28.3. The van der Waals surface area contributed by atoms with E-state index in [4.69, 9.17) is 0 Å². The lowest BCUT2D eigenvalue weighted by Gasteiger charge is -2.28. The number of carbonyl (C=O) groups excluding carboxylic acids is 1. The van der Waals surface area contributed by atoms with Gasteiger partial charge in [-0.25, -0.2) is 9.78 Å². The van der Waals surface area contributed by atoms with Crippen molar-refractivity contribution in [3.8, 4) is 10.6 Å². The summed E-state index contributed by atoms with van der Waals surface area (Å²) in [5.41, 5.74) is 3.12. The third-order valence-corrected chi connectivity index (χ3v) is 5.84. The zero-order valence-corrected chi connectivity index (χ0v) is 17.4. The molecule has 0 bridgehead atoms. The first kappa shape index (κ1) is 18.8. The van der Waals surface area contributed by atoms with Crippen molar-refractivity contribution in [1.82, 2.24) is 19.9 Å². The minimum atomic E-state index is -0.110. The molecule has 0 saturated carbocycles. The number of nitrogens with one attached hydrogen (secondary N) is 1. The van der Waals surface area contributed by atoms with Crippen LogP contribution >= 0.6 is 27.3 Å². The van der Waals surface area contributed by atoms with Gasteiger partial charge in [0.2, 0.25) is 0 Å². The Bertz CT molecular complexity index is 977. The molecule has 1 N–H and O–H groups in total. The number of aromatic nitrogens is 3. The second-order valence-corrected chi connectivity index (χ2v) is 8.31. The molecule has 1 saturated heterocycles. The maximum atomic E-state index is 12.6. The van der Waals surface area contributed by atoms with Crippen molar-refractivity contribution in [2.75, 3.05) is 18.4 Å². The van der Waals surface area contributed by atoms with Crippen LogP contribution in [0.3, 0.4) is 0 Å². The van der Waals surface area contributed by atoms with Crippen molar-refractivity contribution in [3.63, 3.8) is 0 Å². The Morgan fingerprint density at radius 2 is 1.96 bits per heavy atom. The minimum Gasteiger partial charge on any atom is -0.324 e. The highest BCUT2D eigenvalue weighted by molar-refractivity contribution is 9.10. The van der Waals surface area contributed by atoms with Gasteiger partial charge in [0.25, 0.3) is 0 Å². The van der Waals surface area contributed by atoms with Crippen molar-refractivity contribution in [3.05, 3.63) is 64.7 Å². The highest BCUT2D eigenvalue weighted by Gasteiger charge is 2.20. The number of pyridine rings is 2. The van der Waals surface area contributed by atoms with Crippen LogP contribution in [0.1, 0.15) is 18.5 Å². The molecule has 1 aliphatic rings. The second-order valence-electron chi connectivity index (χ2n) is 6.37. The summed E-state index contributed by atoms with van der Waals surface area (Å²) in [6, 6.07) is 9.63. The normalized spacial score (nSPS) is 14.0. The number of thiazole rings is 1. The summed E-state index contributed by atoms with van der Waals surface area (Å²) in [5.74, 6) is 0. The molecule has 0 unspecified atom stereocenters. The largest absolute Gasteiger partial charge is 0.324 e. The zero-order valence-electron chi connectivity index (χ0n) is 15.0. The van der Waals surface area contributed by atoms with Crippen molar-refractivity contribution in [2.24, 2.45) is 0 Å². The molecule has 3 aromatic heterocycles. The fourth-order valence-electron chi connectivity index (χ4n) is 2.95. The number of piperidine rings is 1. The van der Waals surface area contributed by atoms with Crippen LogP contribution in [-0.2, 0) is 0 Å². The van der Waals surface area contributed by atoms with Crippen molar-refractivity contribution in [2.45, 2.75) is 12.8 Å². The summed E-state index contributed by atoms with van der Waals surface area (Å²) in [6.45, 7) is 1.38. The van der Waals surface area contributed by atoms with Crippen molar-refractivity contribution < 1.29 is 4.79 Å². The Morgan fingerprint density at radius 1 is 1.11 bits per heavy atom. The molecule has 0 aliphatic carbocycles. The van der Waals surface area contributed by atoms with E-state index in [0.717, 1.165) is 33.6 Å². The predicted molar refractivity (Wildman–Crippen MR) is 115 cm³/mol. The molecule has 6 nitrogen and oxygen atoms in total. The number of carbonyl (C=O) groups is 1. The van der Waals surface area contributed by atoms with E-state index >= 15 is 0 Å². The third-order valence-electron chi connectivity index (χ3n) is 4.43. The molecule has 142 valence electrons. The highest BCUT2D eigenvalue weighted by Crippen LogP contribution is 2.28. The van der Waals surface area contributed by atoms with Gasteiger partial charge >= 0.3 is 6.03 Å². The maximum absolute atomic E-state index is 12.6. The van der Waals surface area contributed by atoms with Crippen LogP contribution in [0, 0.1) is 0 Å². The van der Waals surface area contributed by atoms with Crippen LogP contribution < -0.4 is 5.32 Å². The van der Waals surface area contributed by atoms with Crippen LogP contribution in [0.4, 0.5) is 9.93 Å². The number of hydrogen-bond donors (Lipinski definition) is 1. The number of likely N-dealkylation sites (tertiary alicyclic amines) is 1. The molecular weight excluding hydrogens is 438 g/mol. The summed E-state index contributed by atoms with van der Waals surface area (Å²) in [7, 11) is 0. The highest BCUT2D eigenvalue weighted by atomic mass is 79.9. The van der Waals surface area contributed by atoms with Crippen molar-refractivity contribution >= 4 is 44.5 Å². The van der Waals surface area contributed by atoms with Crippen LogP contribution in [0.15, 0.2) is 59.0 Å². The summed E-state index contributed by atoms with van der Waals surface area (Å²) in [5, 5.41) is 3.49. The predicted octanol–water partition coefficient (Wildman–Crippen LogP) is 5.07. The monoisotopic (exact) mass is 455 g/mol. The molecule has 0 spiro atoms. The number of rotatable bonds is 3. The minimum absolute atomic E-state index is 0.110.